The number of alkyl carbamates (subject to hydrolysis) is 1. The van der Waals surface area contributed by atoms with Crippen LogP contribution in [0.1, 0.15) is 38.3 Å². The Morgan fingerprint density at radius 2 is 2.19 bits per heavy atom. The number of hydrogen-bond donors (Lipinski definition) is 2. The molecule has 142 valence electrons. The van der Waals surface area contributed by atoms with Gasteiger partial charge in [-0.3, -0.25) is 0 Å². The second kappa shape index (κ2) is 7.39. The lowest BCUT2D eigenvalue weighted by Crippen LogP contribution is -2.51. The fourth-order valence-electron chi connectivity index (χ4n) is 3.32. The molecular formula is C18H24FN3O4. The molecule has 2 heterocycles. The van der Waals surface area contributed by atoms with Crippen LogP contribution in [0.15, 0.2) is 18.2 Å². The summed E-state index contributed by atoms with van der Waals surface area (Å²) < 4.78 is 24.5. The molecule has 1 spiro atoms. The van der Waals surface area contributed by atoms with E-state index < -0.39 is 17.5 Å². The van der Waals surface area contributed by atoms with E-state index in [1.54, 1.807) is 30.9 Å². The van der Waals surface area contributed by atoms with Gasteiger partial charge in [-0.2, -0.15) is 0 Å². The normalized spacial score (nSPS) is 19.7. The molecule has 2 saturated heterocycles. The Labute approximate surface area is 151 Å². The number of urea groups is 1. The molecule has 0 saturated carbocycles. The van der Waals surface area contributed by atoms with Crippen molar-refractivity contribution in [2.24, 2.45) is 0 Å². The van der Waals surface area contributed by atoms with Gasteiger partial charge in [0.25, 0.3) is 0 Å². The first-order chi connectivity index (χ1) is 12.4. The Morgan fingerprint density at radius 1 is 1.46 bits per heavy atom. The first-order valence-electron chi connectivity index (χ1n) is 8.87. The maximum absolute atomic E-state index is 14.0. The van der Waals surface area contributed by atoms with E-state index in [1.165, 1.54) is 6.07 Å². The third-order valence-electron chi connectivity index (χ3n) is 4.92. The first-order valence-corrected chi connectivity index (χ1v) is 8.87. The average Bonchev–Trinajstić information content (AvgIpc) is 2.97. The highest BCUT2D eigenvalue weighted by molar-refractivity contribution is 5.75. The number of halogens is 1. The molecule has 8 heteroatoms. The van der Waals surface area contributed by atoms with E-state index in [4.69, 9.17) is 9.47 Å². The molecular weight excluding hydrogens is 341 g/mol. The average molecular weight is 365 g/mol. The number of hydrogen-bond acceptors (Lipinski definition) is 4. The van der Waals surface area contributed by atoms with Crippen molar-refractivity contribution in [3.63, 3.8) is 0 Å². The summed E-state index contributed by atoms with van der Waals surface area (Å²) in [5.74, 6) is -0.239. The van der Waals surface area contributed by atoms with E-state index in [0.717, 1.165) is 0 Å². The third kappa shape index (κ3) is 3.84. The monoisotopic (exact) mass is 365 g/mol. The zero-order chi connectivity index (χ0) is 18.7. The maximum atomic E-state index is 14.0. The zero-order valence-electron chi connectivity index (χ0n) is 15.0. The van der Waals surface area contributed by atoms with Gasteiger partial charge in [-0.15, -0.1) is 0 Å². The van der Waals surface area contributed by atoms with Gasteiger partial charge < -0.3 is 25.0 Å². The molecule has 0 aliphatic carbocycles. The number of amides is 3. The van der Waals surface area contributed by atoms with E-state index in [0.29, 0.717) is 44.6 Å². The van der Waals surface area contributed by atoms with E-state index in [-0.39, 0.29) is 17.8 Å². The maximum Gasteiger partial charge on any atom is 0.407 e. The van der Waals surface area contributed by atoms with Crippen molar-refractivity contribution in [3.05, 3.63) is 29.6 Å². The Balaban J connectivity index is 1.55. The van der Waals surface area contributed by atoms with Crippen molar-refractivity contribution >= 4 is 12.1 Å². The Kier molecular flexibility index (Phi) is 5.20. The van der Waals surface area contributed by atoms with Crippen LogP contribution < -0.4 is 15.4 Å². The van der Waals surface area contributed by atoms with Crippen molar-refractivity contribution in [2.75, 3.05) is 26.2 Å². The van der Waals surface area contributed by atoms with Gasteiger partial charge >= 0.3 is 12.1 Å². The summed E-state index contributed by atoms with van der Waals surface area (Å²) in [5, 5.41) is 5.56. The minimum absolute atomic E-state index is 0.204. The first kappa shape index (κ1) is 18.3. The van der Waals surface area contributed by atoms with Gasteiger partial charge in [0, 0.05) is 25.9 Å². The van der Waals surface area contributed by atoms with Crippen molar-refractivity contribution in [3.8, 4) is 5.75 Å². The van der Waals surface area contributed by atoms with E-state index in [1.807, 2.05) is 0 Å². The molecule has 2 aliphatic rings. The summed E-state index contributed by atoms with van der Waals surface area (Å²) >= 11 is 0. The predicted octanol–water partition coefficient (Wildman–Crippen LogP) is 2.57. The number of rotatable bonds is 4. The number of benzene rings is 1. The molecule has 7 nitrogen and oxygen atoms in total. The molecule has 3 rings (SSSR count). The molecule has 2 N–H and O–H groups in total. The minimum Gasteiger partial charge on any atom is -0.491 e. The van der Waals surface area contributed by atoms with Gasteiger partial charge in [0.15, 0.2) is 11.6 Å². The molecule has 2 fully saturated rings. The van der Waals surface area contributed by atoms with Gasteiger partial charge in [0.05, 0.1) is 19.2 Å². The van der Waals surface area contributed by atoms with Gasteiger partial charge in [0.2, 0.25) is 0 Å². The standard InChI is InChI=1S/C18H24FN3O4/c1-3-25-15-5-4-13(10-14(15)19)12(2)21-16(23)22-8-6-18(7-9-22)11-20-17(24)26-18/h4-5,10,12H,3,6-9,11H2,1-2H3,(H,20,24)(H,21,23). The van der Waals surface area contributed by atoms with Crippen molar-refractivity contribution in [1.82, 2.24) is 15.5 Å². The number of nitrogens with zero attached hydrogens (tertiary/aromatic N) is 1. The largest absolute Gasteiger partial charge is 0.491 e. The van der Waals surface area contributed by atoms with Crippen LogP contribution in [0.2, 0.25) is 0 Å². The van der Waals surface area contributed by atoms with Gasteiger partial charge in [-0.05, 0) is 31.5 Å². The van der Waals surface area contributed by atoms with E-state index in [9.17, 15) is 14.0 Å². The number of nitrogens with one attached hydrogen (secondary N) is 2. The lowest BCUT2D eigenvalue weighted by molar-refractivity contribution is 0.00958. The summed E-state index contributed by atoms with van der Waals surface area (Å²) in [7, 11) is 0. The molecule has 1 atom stereocenters. The summed E-state index contributed by atoms with van der Waals surface area (Å²) in [6.45, 7) is 5.49. The third-order valence-corrected chi connectivity index (χ3v) is 4.92. The summed E-state index contributed by atoms with van der Waals surface area (Å²) in [6, 6.07) is 4.15. The molecule has 0 radical (unpaired) electrons. The Morgan fingerprint density at radius 3 is 2.77 bits per heavy atom. The number of piperidine rings is 1. The van der Waals surface area contributed by atoms with Crippen LogP contribution in [0, 0.1) is 5.82 Å². The topological polar surface area (TPSA) is 79.9 Å². The minimum atomic E-state index is -0.488. The molecule has 1 aromatic carbocycles. The van der Waals surface area contributed by atoms with Crippen LogP contribution in [-0.2, 0) is 4.74 Å². The Bertz CT molecular complexity index is 689. The SMILES string of the molecule is CCOc1ccc(C(C)NC(=O)N2CCC3(CC2)CNC(=O)O3)cc1F. The van der Waals surface area contributed by atoms with Crippen molar-refractivity contribution < 1.29 is 23.5 Å². The van der Waals surface area contributed by atoms with Crippen LogP contribution in [0.3, 0.4) is 0 Å². The highest BCUT2D eigenvalue weighted by Gasteiger charge is 2.43. The Hall–Kier alpha value is -2.51. The molecule has 1 aromatic rings. The second-order valence-corrected chi connectivity index (χ2v) is 6.71. The van der Waals surface area contributed by atoms with Crippen LogP contribution in [0.4, 0.5) is 14.0 Å². The second-order valence-electron chi connectivity index (χ2n) is 6.71. The van der Waals surface area contributed by atoms with E-state index in [2.05, 4.69) is 10.6 Å². The molecule has 26 heavy (non-hydrogen) atoms. The molecule has 0 aromatic heterocycles. The number of likely N-dealkylation sites (tertiary alicyclic amines) is 1. The van der Waals surface area contributed by atoms with Crippen LogP contribution in [0.5, 0.6) is 5.75 Å². The van der Waals surface area contributed by atoms with Gasteiger partial charge in [0.1, 0.15) is 5.60 Å². The fraction of sp³-hybridized carbons (Fsp3) is 0.556. The van der Waals surface area contributed by atoms with Crippen molar-refractivity contribution in [2.45, 2.75) is 38.3 Å². The summed E-state index contributed by atoms with van der Waals surface area (Å²) in [5.41, 5.74) is 0.180. The molecule has 2 aliphatic heterocycles. The smallest absolute Gasteiger partial charge is 0.407 e. The lowest BCUT2D eigenvalue weighted by atomic mass is 9.92. The zero-order valence-corrected chi connectivity index (χ0v) is 15.0. The molecule has 1 unspecified atom stereocenters. The quantitative estimate of drug-likeness (QED) is 0.859. The van der Waals surface area contributed by atoms with Gasteiger partial charge in [-0.1, -0.05) is 6.07 Å². The van der Waals surface area contributed by atoms with Crippen LogP contribution in [0.25, 0.3) is 0 Å². The predicted molar refractivity (Wildman–Crippen MR) is 92.5 cm³/mol. The van der Waals surface area contributed by atoms with Crippen molar-refractivity contribution in [1.29, 1.82) is 0 Å². The van der Waals surface area contributed by atoms with E-state index >= 15 is 0 Å². The van der Waals surface area contributed by atoms with Crippen LogP contribution >= 0.6 is 0 Å². The number of carbonyl (C=O) groups is 2. The highest BCUT2D eigenvalue weighted by atomic mass is 19.1. The summed E-state index contributed by atoms with van der Waals surface area (Å²) in [4.78, 5) is 25.4. The number of carbonyl (C=O) groups excluding carboxylic acids is 2. The number of ether oxygens (including phenoxy) is 2. The fourth-order valence-corrected chi connectivity index (χ4v) is 3.32. The van der Waals surface area contributed by atoms with Gasteiger partial charge in [-0.25, -0.2) is 14.0 Å². The molecule has 3 amide bonds. The lowest BCUT2D eigenvalue weighted by Gasteiger charge is -2.37. The summed E-state index contributed by atoms with van der Waals surface area (Å²) in [6.07, 6.45) is 0.810. The van der Waals surface area contributed by atoms with Crippen LogP contribution in [-0.4, -0.2) is 48.9 Å². The molecule has 0 bridgehead atoms. The highest BCUT2D eigenvalue weighted by Crippen LogP contribution is 2.29.